The molecule has 2 aliphatic heterocycles. The van der Waals surface area contributed by atoms with Crippen molar-refractivity contribution in [1.82, 2.24) is 0 Å². The van der Waals surface area contributed by atoms with Crippen LogP contribution in [-0.4, -0.2) is 190 Å². The molecule has 1 saturated carbocycles. The van der Waals surface area contributed by atoms with E-state index in [4.69, 9.17) is 37.5 Å². The van der Waals surface area contributed by atoms with Crippen LogP contribution < -0.4 is 0 Å². The molecule has 10 N–H and O–H groups in total. The smallest absolute Gasteiger partial charge is 0.394 e. The van der Waals surface area contributed by atoms with Crippen molar-refractivity contribution in [3.63, 3.8) is 0 Å². The summed E-state index contributed by atoms with van der Waals surface area (Å²) in [6.45, 7) is 40.1. The standard InChI is InChI=1S/C98H191O19P/c1-70-29-17-33-74(5)41-25-49-82(13)57-61-110-66-86(68-114-98-96(107)90(101)89(100)88(65-99)116-98)112-63-59-84(15)51-27-43-76(7)35-19-31-72(3)39-23-47-80(11)55-56-81(12)48-24-40-73(4)32-20-36-77(8)44-28-52-85(16)60-64-113-87(69-115-118(108,109)117-97-94(105)92(103)91(102)93(104)95(97)106)67-111-62-58-83(14)50-26-42-75(6)34-18-30-71(2)38-22-46-79(10)54-53-78(9)45-21-37-70/h23,39,70-107H,17-22,24-38,40-69H2,1-16H3,(H,108,109)/b39-23+/t70-,71+,72+,73+,74-,75-,76-,77-,78+,79+,80+,81+,82-,83-,84-,85-,86+,87+,88-,89-,90+,91?,92-,93+,94-,95-,96-,97?,98-/m1/s1. The number of hydrogen-bond acceptors (Lipinski definition) is 18. The molecule has 2 heterocycles. The van der Waals surface area contributed by atoms with Crippen molar-refractivity contribution < 1.29 is 92.9 Å². The fourth-order valence-corrected chi connectivity index (χ4v) is 19.1. The van der Waals surface area contributed by atoms with Gasteiger partial charge in [0.2, 0.25) is 0 Å². The zero-order valence-electron chi connectivity index (χ0n) is 78.6. The third kappa shape index (κ3) is 52.5. The minimum absolute atomic E-state index is 0.0797. The van der Waals surface area contributed by atoms with Crippen molar-refractivity contribution in [3.05, 3.63) is 12.2 Å². The molecule has 19 nitrogen and oxygen atoms in total. The van der Waals surface area contributed by atoms with Crippen molar-refractivity contribution in [2.75, 3.05) is 59.5 Å². The molecule has 0 amide bonds. The molecule has 20 heteroatoms. The maximum absolute atomic E-state index is 13.2. The number of aliphatic hydroxyl groups excluding tert-OH is 9. The summed E-state index contributed by atoms with van der Waals surface area (Å²) in [7, 11) is -4.97. The fourth-order valence-electron chi connectivity index (χ4n) is 18.1. The Morgan fingerprint density at radius 2 is 0.593 bits per heavy atom. The molecule has 2 fully saturated rings. The lowest BCUT2D eigenvalue weighted by molar-refractivity contribution is -0.306. The molecule has 0 aromatic heterocycles. The molecule has 30 atom stereocenters. The number of hydrogen-bond donors (Lipinski definition) is 10. The number of allylic oxidation sites excluding steroid dienone is 2. The molecule has 1 aliphatic carbocycles. The zero-order chi connectivity index (χ0) is 87.4. The maximum Gasteiger partial charge on any atom is 0.472 e. The Labute approximate surface area is 723 Å². The van der Waals surface area contributed by atoms with E-state index >= 15 is 0 Å². The second kappa shape index (κ2) is 65.7. The molecule has 3 aliphatic rings. The lowest BCUT2D eigenvalue weighted by Crippen LogP contribution is -2.64. The largest absolute Gasteiger partial charge is 0.472 e. The highest BCUT2D eigenvalue weighted by Gasteiger charge is 2.52. The second-order valence-corrected chi connectivity index (χ2v) is 42.1. The first kappa shape index (κ1) is 111. The molecule has 0 aromatic rings. The van der Waals surface area contributed by atoms with Gasteiger partial charge in [0, 0.05) is 26.4 Å². The van der Waals surface area contributed by atoms with Crippen LogP contribution in [-0.2, 0) is 42.0 Å². The Morgan fingerprint density at radius 1 is 0.322 bits per heavy atom. The van der Waals surface area contributed by atoms with Gasteiger partial charge in [-0.3, -0.25) is 9.05 Å². The molecule has 3 unspecified atom stereocenters. The number of phosphoric ester groups is 1. The van der Waals surface area contributed by atoms with Gasteiger partial charge in [0.05, 0.1) is 33.0 Å². The Bertz CT molecular complexity index is 2420. The maximum atomic E-state index is 13.2. The first-order chi connectivity index (χ1) is 56.2. The van der Waals surface area contributed by atoms with E-state index < -0.39 is 94.0 Å². The minimum atomic E-state index is -4.97. The summed E-state index contributed by atoms with van der Waals surface area (Å²) in [4.78, 5) is 10.8. The van der Waals surface area contributed by atoms with Crippen LogP contribution in [0.25, 0.3) is 0 Å². The molecular weight excluding hydrogens is 1510 g/mol. The SMILES string of the molecule is C[C@@H]1CCC[C@@H](C)CCC[C@H](C)CC[C@@H](C)CCC[C@@H](C)CCC[C@@H](C)CCC[C@@H](C)CCOC[C@@H](COP(=O)(O)OC2[C@H](O)[C@H](O)C(O)[C@H](O)[C@H]2O)OCC[C@H](C)CCC[C@H](C)CCC[C@H](C)CCC[C@H](C)CC[C@@H](C)C/C=C/[C@@H](C)CCC[C@@H](C)CCC[C@@H](C)CCO[C@H](CO[C@@H]2O[C@H](CO)[C@@H](O)[C@H](O)[C@H]2O)COCC[C@H](C)CCC1. The average Bonchev–Trinajstić information content (AvgIpc) is 0.785. The van der Waals surface area contributed by atoms with E-state index in [1.54, 1.807) is 0 Å². The topological polar surface area (TPSA) is 293 Å². The summed E-state index contributed by atoms with van der Waals surface area (Å²) in [5.74, 6) is 10.7. The van der Waals surface area contributed by atoms with Crippen LogP contribution in [0.2, 0.25) is 0 Å². The molecule has 3 rings (SSSR count). The molecule has 0 radical (unpaired) electrons. The third-order valence-electron chi connectivity index (χ3n) is 27.7. The van der Waals surface area contributed by atoms with E-state index in [1.165, 1.54) is 212 Å². The molecule has 118 heavy (non-hydrogen) atoms. The van der Waals surface area contributed by atoms with Crippen molar-refractivity contribution in [2.24, 2.45) is 94.7 Å². The quantitative estimate of drug-likeness (QED) is 0.0758. The molecule has 702 valence electrons. The highest BCUT2D eigenvalue weighted by Crippen LogP contribution is 2.47. The van der Waals surface area contributed by atoms with Gasteiger partial charge in [-0.25, -0.2) is 4.57 Å². The van der Waals surface area contributed by atoms with E-state index in [0.29, 0.717) is 86.3 Å². The van der Waals surface area contributed by atoms with Crippen LogP contribution in [0.3, 0.4) is 0 Å². The Hall–Kier alpha value is -0.750. The minimum Gasteiger partial charge on any atom is -0.394 e. The summed E-state index contributed by atoms with van der Waals surface area (Å²) in [5, 5.41) is 92.8. The van der Waals surface area contributed by atoms with Gasteiger partial charge < -0.3 is 79.3 Å². The summed E-state index contributed by atoms with van der Waals surface area (Å²) in [6, 6.07) is 0. The first-order valence-corrected chi connectivity index (χ1v) is 50.7. The van der Waals surface area contributed by atoms with E-state index in [-0.39, 0.29) is 19.8 Å². The second-order valence-electron chi connectivity index (χ2n) is 40.7. The normalized spacial score (nSPS) is 40.0. The number of ether oxygens (including phenoxy) is 6. The van der Waals surface area contributed by atoms with Crippen LogP contribution in [0.5, 0.6) is 0 Å². The molecule has 0 bridgehead atoms. The van der Waals surface area contributed by atoms with Crippen molar-refractivity contribution in [3.8, 4) is 0 Å². The highest BCUT2D eigenvalue weighted by molar-refractivity contribution is 7.47. The van der Waals surface area contributed by atoms with E-state index in [2.05, 4.69) is 123 Å². The molecule has 1 saturated heterocycles. The lowest BCUT2D eigenvalue weighted by atomic mass is 9.85. The monoisotopic (exact) mass is 1700 g/mol. The van der Waals surface area contributed by atoms with E-state index in [9.17, 15) is 55.4 Å². The Kier molecular flexibility index (Phi) is 62.1. The number of aliphatic hydroxyl groups is 9. The number of phosphoric acid groups is 1. The Morgan fingerprint density at radius 3 is 0.924 bits per heavy atom. The van der Waals surface area contributed by atoms with Crippen LogP contribution in [0, 0.1) is 94.7 Å². The van der Waals surface area contributed by atoms with Gasteiger partial charge in [-0.15, -0.1) is 0 Å². The predicted molar refractivity (Wildman–Crippen MR) is 481 cm³/mol. The van der Waals surface area contributed by atoms with Gasteiger partial charge in [0.1, 0.15) is 73.2 Å². The van der Waals surface area contributed by atoms with Gasteiger partial charge in [-0.05, 0) is 133 Å². The fraction of sp³-hybridized carbons (Fsp3) is 0.980. The average molecular weight is 1700 g/mol. The summed E-state index contributed by atoms with van der Waals surface area (Å²) in [5.41, 5.74) is 0. The van der Waals surface area contributed by atoms with Crippen molar-refractivity contribution in [1.29, 1.82) is 0 Å². The van der Waals surface area contributed by atoms with Gasteiger partial charge in [-0.1, -0.05) is 354 Å². The van der Waals surface area contributed by atoms with Gasteiger partial charge in [0.25, 0.3) is 0 Å². The number of rotatable bonds is 9. The van der Waals surface area contributed by atoms with Gasteiger partial charge >= 0.3 is 7.82 Å². The summed E-state index contributed by atoms with van der Waals surface area (Å²) in [6.07, 6.45) is 37.1. The zero-order valence-corrected chi connectivity index (χ0v) is 79.4. The van der Waals surface area contributed by atoms with Gasteiger partial charge in [-0.2, -0.15) is 0 Å². The highest BCUT2D eigenvalue weighted by atomic mass is 31.2. The van der Waals surface area contributed by atoms with Crippen LogP contribution in [0.1, 0.15) is 380 Å². The van der Waals surface area contributed by atoms with Gasteiger partial charge in [0.15, 0.2) is 6.29 Å². The van der Waals surface area contributed by atoms with Crippen LogP contribution in [0.4, 0.5) is 0 Å². The molecule has 0 aromatic carbocycles. The Balaban J connectivity index is 1.51. The van der Waals surface area contributed by atoms with Crippen molar-refractivity contribution in [2.45, 2.75) is 460 Å². The first-order valence-electron chi connectivity index (χ1n) is 49.2. The van der Waals surface area contributed by atoms with Crippen LogP contribution in [0.15, 0.2) is 12.2 Å². The predicted octanol–water partition coefficient (Wildman–Crippen LogP) is 21.1. The van der Waals surface area contributed by atoms with E-state index in [1.807, 2.05) is 0 Å². The van der Waals surface area contributed by atoms with Crippen LogP contribution >= 0.6 is 7.82 Å². The summed E-state index contributed by atoms with van der Waals surface area (Å²) >= 11 is 0. The third-order valence-corrected chi connectivity index (χ3v) is 28.7. The summed E-state index contributed by atoms with van der Waals surface area (Å²) < 4.78 is 60.5. The molecular formula is C98H191O19P. The van der Waals surface area contributed by atoms with E-state index in [0.717, 1.165) is 99.2 Å². The lowest BCUT2D eigenvalue weighted by Gasteiger charge is -2.41. The van der Waals surface area contributed by atoms with Crippen molar-refractivity contribution >= 4 is 7.82 Å². The molecule has 0 spiro atoms.